The average Bonchev–Trinajstić information content (AvgIpc) is 2.33. The van der Waals surface area contributed by atoms with Crippen molar-refractivity contribution >= 4 is 11.9 Å². The number of H-pyrrole nitrogens is 1. The van der Waals surface area contributed by atoms with Gasteiger partial charge in [0.25, 0.3) is 5.56 Å². The van der Waals surface area contributed by atoms with Gasteiger partial charge in [-0.3, -0.25) is 10.1 Å². The number of aromatic amines is 1. The number of aromatic nitrogens is 2. The normalized spacial score (nSPS) is 9.65. The van der Waals surface area contributed by atoms with Crippen molar-refractivity contribution in [3.63, 3.8) is 0 Å². The lowest BCUT2D eigenvalue weighted by atomic mass is 10.3. The number of rotatable bonds is 2. The zero-order chi connectivity index (χ0) is 12.1. The van der Waals surface area contributed by atoms with E-state index in [-0.39, 0.29) is 5.82 Å². The molecule has 0 aliphatic rings. The summed E-state index contributed by atoms with van der Waals surface area (Å²) in [6.07, 6.45) is 1.97. The molecule has 6 heteroatoms. The molecule has 0 bridgehead atoms. The summed E-state index contributed by atoms with van der Waals surface area (Å²) in [4.78, 5) is 28.7. The van der Waals surface area contributed by atoms with Crippen molar-refractivity contribution in [1.82, 2.24) is 9.97 Å². The fourth-order valence-corrected chi connectivity index (χ4v) is 1.16. The molecular weight excluding hydrogens is 222 g/mol. The molecule has 0 fully saturated rings. The van der Waals surface area contributed by atoms with E-state index in [4.69, 9.17) is 4.74 Å². The maximum Gasteiger partial charge on any atom is 0.418 e. The molecule has 0 unspecified atom stereocenters. The second-order valence-electron chi connectivity index (χ2n) is 3.09. The van der Waals surface area contributed by atoms with E-state index >= 15 is 0 Å². The van der Waals surface area contributed by atoms with Crippen LogP contribution in [0.5, 0.6) is 5.75 Å². The van der Waals surface area contributed by atoms with Crippen molar-refractivity contribution in [2.45, 2.75) is 0 Å². The van der Waals surface area contributed by atoms with E-state index in [1.165, 1.54) is 12.4 Å². The third-order valence-corrected chi connectivity index (χ3v) is 1.88. The van der Waals surface area contributed by atoms with E-state index in [0.717, 1.165) is 0 Å². The van der Waals surface area contributed by atoms with Crippen molar-refractivity contribution in [1.29, 1.82) is 0 Å². The van der Waals surface area contributed by atoms with Crippen LogP contribution in [0.1, 0.15) is 0 Å². The van der Waals surface area contributed by atoms with Crippen LogP contribution in [0.4, 0.5) is 10.6 Å². The van der Waals surface area contributed by atoms with Crippen LogP contribution in [-0.2, 0) is 0 Å². The van der Waals surface area contributed by atoms with E-state index in [0.29, 0.717) is 5.75 Å². The fourth-order valence-electron chi connectivity index (χ4n) is 1.16. The summed E-state index contributed by atoms with van der Waals surface area (Å²) in [6.45, 7) is 0. The molecule has 0 saturated carbocycles. The molecule has 0 aliphatic carbocycles. The molecule has 0 saturated heterocycles. The Bertz CT molecular complexity index is 565. The first-order chi connectivity index (χ1) is 8.25. The van der Waals surface area contributed by atoms with Gasteiger partial charge in [-0.15, -0.1) is 0 Å². The molecule has 86 valence electrons. The van der Waals surface area contributed by atoms with Gasteiger partial charge in [0, 0.05) is 12.4 Å². The molecule has 2 rings (SSSR count). The van der Waals surface area contributed by atoms with Gasteiger partial charge >= 0.3 is 6.09 Å². The quantitative estimate of drug-likeness (QED) is 0.817. The van der Waals surface area contributed by atoms with Gasteiger partial charge in [-0.1, -0.05) is 18.2 Å². The van der Waals surface area contributed by atoms with Gasteiger partial charge < -0.3 is 9.72 Å². The Hall–Kier alpha value is -2.63. The number of nitrogens with one attached hydrogen (secondary N) is 2. The second-order valence-corrected chi connectivity index (χ2v) is 3.09. The predicted octanol–water partition coefficient (Wildman–Crippen LogP) is 1.38. The predicted molar refractivity (Wildman–Crippen MR) is 60.9 cm³/mol. The molecule has 0 aliphatic heterocycles. The number of hydrogen-bond donors (Lipinski definition) is 2. The summed E-state index contributed by atoms with van der Waals surface area (Å²) < 4.78 is 4.93. The molecule has 1 heterocycles. The van der Waals surface area contributed by atoms with Gasteiger partial charge in [-0.25, -0.2) is 9.78 Å². The van der Waals surface area contributed by atoms with Gasteiger partial charge in [0.2, 0.25) is 5.82 Å². The molecular formula is C11H9N3O3. The molecule has 1 aromatic carbocycles. The smallest absolute Gasteiger partial charge is 0.410 e. The van der Waals surface area contributed by atoms with Crippen LogP contribution in [0.25, 0.3) is 0 Å². The van der Waals surface area contributed by atoms with Crippen LogP contribution in [0.3, 0.4) is 0 Å². The first-order valence-corrected chi connectivity index (χ1v) is 4.83. The molecule has 0 radical (unpaired) electrons. The Morgan fingerprint density at radius 3 is 2.76 bits per heavy atom. The number of amides is 1. The number of ether oxygens (including phenoxy) is 1. The van der Waals surface area contributed by atoms with Crippen LogP contribution >= 0.6 is 0 Å². The van der Waals surface area contributed by atoms with Gasteiger partial charge in [-0.05, 0) is 12.1 Å². The van der Waals surface area contributed by atoms with E-state index < -0.39 is 11.7 Å². The first kappa shape index (κ1) is 10.9. The largest absolute Gasteiger partial charge is 0.418 e. The third-order valence-electron chi connectivity index (χ3n) is 1.88. The van der Waals surface area contributed by atoms with E-state index in [1.54, 1.807) is 30.3 Å². The summed E-state index contributed by atoms with van der Waals surface area (Å²) in [5.74, 6) is 0.283. The molecule has 2 N–H and O–H groups in total. The summed E-state index contributed by atoms with van der Waals surface area (Å²) in [6, 6.07) is 8.52. The van der Waals surface area contributed by atoms with Crippen molar-refractivity contribution in [2.75, 3.05) is 5.32 Å². The Morgan fingerprint density at radius 2 is 2.06 bits per heavy atom. The standard InChI is InChI=1S/C11H9N3O3/c15-10-9(12-6-7-13-10)14-11(16)17-8-4-2-1-3-5-8/h1-7H,(H,13,15)(H,12,14,16). The highest BCUT2D eigenvalue weighted by molar-refractivity contribution is 5.84. The van der Waals surface area contributed by atoms with Crippen molar-refractivity contribution < 1.29 is 9.53 Å². The minimum Gasteiger partial charge on any atom is -0.410 e. The van der Waals surface area contributed by atoms with Crippen LogP contribution < -0.4 is 15.6 Å². The maximum absolute atomic E-state index is 11.4. The summed E-state index contributed by atoms with van der Waals surface area (Å²) >= 11 is 0. The Morgan fingerprint density at radius 1 is 1.29 bits per heavy atom. The number of para-hydroxylation sites is 1. The van der Waals surface area contributed by atoms with Crippen LogP contribution in [0.2, 0.25) is 0 Å². The highest BCUT2D eigenvalue weighted by Gasteiger charge is 2.07. The van der Waals surface area contributed by atoms with Crippen LogP contribution in [0.15, 0.2) is 47.5 Å². The lowest BCUT2D eigenvalue weighted by Crippen LogP contribution is -2.23. The zero-order valence-electron chi connectivity index (χ0n) is 8.71. The average molecular weight is 231 g/mol. The highest BCUT2D eigenvalue weighted by atomic mass is 16.6. The second kappa shape index (κ2) is 4.93. The lowest BCUT2D eigenvalue weighted by molar-refractivity contribution is 0.215. The zero-order valence-corrected chi connectivity index (χ0v) is 8.71. The Kier molecular flexibility index (Phi) is 3.15. The number of carbonyl (C=O) groups is 1. The van der Waals surface area contributed by atoms with Crippen molar-refractivity contribution in [3.05, 3.63) is 53.1 Å². The van der Waals surface area contributed by atoms with Gasteiger partial charge in [0.1, 0.15) is 5.75 Å². The Labute approximate surface area is 96.3 Å². The molecule has 0 atom stereocenters. The number of carbonyl (C=O) groups excluding carboxylic acids is 1. The molecule has 2 aromatic rings. The SMILES string of the molecule is O=C(Nc1ncc[nH]c1=O)Oc1ccccc1. The van der Waals surface area contributed by atoms with Gasteiger partial charge in [0.15, 0.2) is 0 Å². The third kappa shape index (κ3) is 2.91. The van der Waals surface area contributed by atoms with Crippen LogP contribution in [0, 0.1) is 0 Å². The van der Waals surface area contributed by atoms with Crippen molar-refractivity contribution in [3.8, 4) is 5.75 Å². The summed E-state index contributed by atoms with van der Waals surface area (Å²) in [7, 11) is 0. The molecule has 0 spiro atoms. The number of anilines is 1. The van der Waals surface area contributed by atoms with Crippen LogP contribution in [-0.4, -0.2) is 16.1 Å². The first-order valence-electron chi connectivity index (χ1n) is 4.83. The number of benzene rings is 1. The highest BCUT2D eigenvalue weighted by Crippen LogP contribution is 2.08. The number of nitrogens with zero attached hydrogens (tertiary/aromatic N) is 1. The van der Waals surface area contributed by atoms with Gasteiger partial charge in [-0.2, -0.15) is 0 Å². The van der Waals surface area contributed by atoms with E-state index in [1.807, 2.05) is 0 Å². The maximum atomic E-state index is 11.4. The summed E-state index contributed by atoms with van der Waals surface area (Å²) in [5.41, 5.74) is -0.488. The van der Waals surface area contributed by atoms with Gasteiger partial charge in [0.05, 0.1) is 0 Å². The van der Waals surface area contributed by atoms with E-state index in [2.05, 4.69) is 15.3 Å². The Balaban J connectivity index is 2.04. The monoisotopic (exact) mass is 231 g/mol. The number of hydrogen-bond acceptors (Lipinski definition) is 4. The molecule has 6 nitrogen and oxygen atoms in total. The molecule has 1 aromatic heterocycles. The van der Waals surface area contributed by atoms with Crippen molar-refractivity contribution in [2.24, 2.45) is 0 Å². The van der Waals surface area contributed by atoms with E-state index in [9.17, 15) is 9.59 Å². The fraction of sp³-hybridized carbons (Fsp3) is 0. The minimum absolute atomic E-state index is 0.103. The molecule has 17 heavy (non-hydrogen) atoms. The molecule has 1 amide bonds. The summed E-state index contributed by atoms with van der Waals surface area (Å²) in [5, 5.41) is 2.24. The topological polar surface area (TPSA) is 84.1 Å². The lowest BCUT2D eigenvalue weighted by Gasteiger charge is -2.04. The minimum atomic E-state index is -0.764.